The summed E-state index contributed by atoms with van der Waals surface area (Å²) in [5.74, 6) is -2.96. The largest absolute Gasteiger partial charge is 0.388 e. The molecule has 2 amide bonds. The number of aliphatic hydroxyl groups is 1. The fraction of sp³-hybridized carbons (Fsp3) is 0.222. The van der Waals surface area contributed by atoms with Gasteiger partial charge in [0.25, 0.3) is 5.91 Å². The lowest BCUT2D eigenvalue weighted by molar-refractivity contribution is -0.120. The van der Waals surface area contributed by atoms with Crippen molar-refractivity contribution in [3.8, 4) is 0 Å². The van der Waals surface area contributed by atoms with Gasteiger partial charge in [-0.3, -0.25) is 9.59 Å². The quantitative estimate of drug-likeness (QED) is 0.715. The molecule has 0 aliphatic carbocycles. The van der Waals surface area contributed by atoms with Crippen molar-refractivity contribution in [2.45, 2.75) is 12.5 Å². The maximum Gasteiger partial charge on any atom is 0.251 e. The molecule has 0 heterocycles. The fourth-order valence-corrected chi connectivity index (χ4v) is 2.20. The molecule has 0 spiro atoms. The lowest BCUT2D eigenvalue weighted by atomic mass is 10.1. The van der Waals surface area contributed by atoms with Gasteiger partial charge in [0.1, 0.15) is 11.6 Å². The SMILES string of the molecule is O=C(CNC(=O)c1cc(F)cc(F)c1)NCCC(O)c1ccccc1. The van der Waals surface area contributed by atoms with Crippen LogP contribution in [-0.4, -0.2) is 30.0 Å². The number of benzene rings is 2. The van der Waals surface area contributed by atoms with Crippen molar-refractivity contribution in [3.05, 3.63) is 71.3 Å². The Balaban J connectivity index is 1.72. The van der Waals surface area contributed by atoms with Gasteiger partial charge in [-0.05, 0) is 24.1 Å². The molecule has 5 nitrogen and oxygen atoms in total. The number of nitrogens with one attached hydrogen (secondary N) is 2. The normalized spacial score (nSPS) is 11.6. The monoisotopic (exact) mass is 348 g/mol. The van der Waals surface area contributed by atoms with Crippen molar-refractivity contribution in [1.82, 2.24) is 10.6 Å². The molecule has 0 aromatic heterocycles. The van der Waals surface area contributed by atoms with E-state index in [0.717, 1.165) is 17.7 Å². The van der Waals surface area contributed by atoms with Gasteiger partial charge < -0.3 is 15.7 Å². The zero-order valence-corrected chi connectivity index (χ0v) is 13.3. The Labute approximate surface area is 143 Å². The van der Waals surface area contributed by atoms with Gasteiger partial charge in [-0.15, -0.1) is 0 Å². The zero-order chi connectivity index (χ0) is 18.2. The Kier molecular flexibility index (Phi) is 6.59. The van der Waals surface area contributed by atoms with Gasteiger partial charge >= 0.3 is 0 Å². The first-order valence-electron chi connectivity index (χ1n) is 7.69. The van der Waals surface area contributed by atoms with Crippen LogP contribution < -0.4 is 10.6 Å². The van der Waals surface area contributed by atoms with Crippen LogP contribution in [0.2, 0.25) is 0 Å². The fourth-order valence-electron chi connectivity index (χ4n) is 2.20. The van der Waals surface area contributed by atoms with E-state index in [2.05, 4.69) is 10.6 Å². The molecule has 3 N–H and O–H groups in total. The van der Waals surface area contributed by atoms with Crippen LogP contribution in [0.5, 0.6) is 0 Å². The summed E-state index contributed by atoms with van der Waals surface area (Å²) in [4.78, 5) is 23.4. The lowest BCUT2D eigenvalue weighted by Crippen LogP contribution is -2.37. The summed E-state index contributed by atoms with van der Waals surface area (Å²) >= 11 is 0. The smallest absolute Gasteiger partial charge is 0.251 e. The van der Waals surface area contributed by atoms with E-state index in [1.807, 2.05) is 18.2 Å². The summed E-state index contributed by atoms with van der Waals surface area (Å²) < 4.78 is 26.1. The average Bonchev–Trinajstić information content (AvgIpc) is 2.59. The Morgan fingerprint density at radius 1 is 1.00 bits per heavy atom. The number of hydrogen-bond acceptors (Lipinski definition) is 3. The minimum atomic E-state index is -0.871. The summed E-state index contributed by atoms with van der Waals surface area (Å²) in [6.45, 7) is -0.113. The first-order chi connectivity index (χ1) is 12.0. The number of carbonyl (C=O) groups excluding carboxylic acids is 2. The van der Waals surface area contributed by atoms with Crippen LogP contribution >= 0.6 is 0 Å². The maximum atomic E-state index is 13.0. The van der Waals surface area contributed by atoms with Crippen molar-refractivity contribution < 1.29 is 23.5 Å². The number of rotatable bonds is 7. The molecule has 2 aromatic carbocycles. The molecule has 2 aromatic rings. The van der Waals surface area contributed by atoms with Gasteiger partial charge in [-0.25, -0.2) is 8.78 Å². The molecular formula is C18H18F2N2O3. The van der Waals surface area contributed by atoms with Gasteiger partial charge in [-0.1, -0.05) is 30.3 Å². The van der Waals surface area contributed by atoms with Gasteiger partial charge in [0.2, 0.25) is 5.91 Å². The van der Waals surface area contributed by atoms with E-state index in [0.29, 0.717) is 12.5 Å². The molecule has 2 rings (SSSR count). The minimum absolute atomic E-state index is 0.204. The van der Waals surface area contributed by atoms with E-state index in [1.54, 1.807) is 12.1 Å². The Bertz CT molecular complexity index is 718. The van der Waals surface area contributed by atoms with E-state index in [9.17, 15) is 23.5 Å². The number of hydrogen-bond donors (Lipinski definition) is 3. The molecule has 0 bridgehead atoms. The zero-order valence-electron chi connectivity index (χ0n) is 13.3. The topological polar surface area (TPSA) is 78.4 Å². The van der Waals surface area contributed by atoms with Crippen LogP contribution in [0.1, 0.15) is 28.4 Å². The van der Waals surface area contributed by atoms with Crippen LogP contribution in [0.4, 0.5) is 8.78 Å². The van der Waals surface area contributed by atoms with Crippen LogP contribution in [0.15, 0.2) is 48.5 Å². The van der Waals surface area contributed by atoms with Crippen LogP contribution in [0.3, 0.4) is 0 Å². The minimum Gasteiger partial charge on any atom is -0.388 e. The molecule has 0 aliphatic heterocycles. The first-order valence-corrected chi connectivity index (χ1v) is 7.69. The molecule has 0 aliphatic rings. The number of aliphatic hydroxyl groups excluding tert-OH is 1. The summed E-state index contributed by atoms with van der Waals surface area (Å²) in [5, 5.41) is 14.8. The van der Waals surface area contributed by atoms with Gasteiger partial charge in [-0.2, -0.15) is 0 Å². The van der Waals surface area contributed by atoms with Gasteiger partial charge in [0.15, 0.2) is 0 Å². The number of carbonyl (C=O) groups is 2. The van der Waals surface area contributed by atoms with Crippen molar-refractivity contribution >= 4 is 11.8 Å². The van der Waals surface area contributed by atoms with E-state index in [4.69, 9.17) is 0 Å². The molecule has 0 saturated heterocycles. The highest BCUT2D eigenvalue weighted by Crippen LogP contribution is 2.14. The second kappa shape index (κ2) is 8.89. The van der Waals surface area contributed by atoms with Crippen LogP contribution in [-0.2, 0) is 4.79 Å². The standard InChI is InChI=1S/C18H18F2N2O3/c19-14-8-13(9-15(20)10-14)18(25)22-11-17(24)21-7-6-16(23)12-4-2-1-3-5-12/h1-5,8-10,16,23H,6-7,11H2,(H,21,24)(H,22,25). The van der Waals surface area contributed by atoms with Crippen molar-refractivity contribution in [1.29, 1.82) is 0 Å². The Hall–Kier alpha value is -2.80. The summed E-state index contributed by atoms with van der Waals surface area (Å²) in [5.41, 5.74) is 0.544. The molecule has 1 unspecified atom stereocenters. The molecule has 1 atom stereocenters. The van der Waals surface area contributed by atoms with Crippen molar-refractivity contribution in [2.75, 3.05) is 13.1 Å². The van der Waals surface area contributed by atoms with E-state index >= 15 is 0 Å². The molecule has 0 radical (unpaired) electrons. The highest BCUT2D eigenvalue weighted by atomic mass is 19.1. The third kappa shape index (κ3) is 5.96. The molecule has 0 saturated carbocycles. The summed E-state index contributed by atoms with van der Waals surface area (Å²) in [6.07, 6.45) is -0.384. The van der Waals surface area contributed by atoms with Crippen LogP contribution in [0, 0.1) is 11.6 Å². The predicted octanol–water partition coefficient (Wildman–Crippen LogP) is 1.93. The molecule has 25 heavy (non-hydrogen) atoms. The number of amides is 2. The molecule has 7 heteroatoms. The van der Waals surface area contributed by atoms with Gasteiger partial charge in [0, 0.05) is 18.2 Å². The van der Waals surface area contributed by atoms with E-state index in [1.165, 1.54) is 0 Å². The second-order valence-electron chi connectivity index (χ2n) is 5.41. The Morgan fingerprint density at radius 3 is 2.28 bits per heavy atom. The van der Waals surface area contributed by atoms with Gasteiger partial charge in [0.05, 0.1) is 12.6 Å². The van der Waals surface area contributed by atoms with Crippen LogP contribution in [0.25, 0.3) is 0 Å². The molecule has 0 fully saturated rings. The van der Waals surface area contributed by atoms with Crippen molar-refractivity contribution in [2.24, 2.45) is 0 Å². The lowest BCUT2D eigenvalue weighted by Gasteiger charge is -2.12. The van der Waals surface area contributed by atoms with E-state index in [-0.39, 0.29) is 18.7 Å². The highest BCUT2D eigenvalue weighted by molar-refractivity contribution is 5.96. The summed E-state index contributed by atoms with van der Waals surface area (Å²) in [6, 6.07) is 11.4. The number of halogens is 2. The molecule has 132 valence electrons. The first kappa shape index (κ1) is 18.5. The third-order valence-corrected chi connectivity index (χ3v) is 3.46. The Morgan fingerprint density at radius 2 is 1.64 bits per heavy atom. The van der Waals surface area contributed by atoms with Crippen molar-refractivity contribution in [3.63, 3.8) is 0 Å². The summed E-state index contributed by atoms with van der Waals surface area (Å²) in [7, 11) is 0. The predicted molar refractivity (Wildman–Crippen MR) is 87.7 cm³/mol. The average molecular weight is 348 g/mol. The third-order valence-electron chi connectivity index (χ3n) is 3.46. The highest BCUT2D eigenvalue weighted by Gasteiger charge is 2.11. The second-order valence-corrected chi connectivity index (χ2v) is 5.41. The molecular weight excluding hydrogens is 330 g/mol. The van der Waals surface area contributed by atoms with E-state index < -0.39 is 29.6 Å². The maximum absolute atomic E-state index is 13.0.